The van der Waals surface area contributed by atoms with Crippen LogP contribution < -0.4 is 10.2 Å². The summed E-state index contributed by atoms with van der Waals surface area (Å²) in [5.74, 6) is 0.964. The van der Waals surface area contributed by atoms with Crippen molar-refractivity contribution in [2.75, 3.05) is 23.3 Å². The van der Waals surface area contributed by atoms with E-state index in [0.717, 1.165) is 58.7 Å². The van der Waals surface area contributed by atoms with Crippen LogP contribution in [0.4, 0.5) is 11.5 Å². The van der Waals surface area contributed by atoms with E-state index in [4.69, 9.17) is 9.97 Å². The quantitative estimate of drug-likeness (QED) is 0.164. The number of hydrogen-bond acceptors (Lipinski definition) is 6. The minimum Gasteiger partial charge on any atom is -0.380 e. The number of aryl methyl sites for hydroxylation is 1. The highest BCUT2D eigenvalue weighted by atomic mass is 15.2. The van der Waals surface area contributed by atoms with Gasteiger partial charge in [0, 0.05) is 66.1 Å². The van der Waals surface area contributed by atoms with Crippen LogP contribution in [0.2, 0.25) is 0 Å². The molecule has 0 spiro atoms. The fourth-order valence-electron chi connectivity index (χ4n) is 7.97. The van der Waals surface area contributed by atoms with Gasteiger partial charge in [0.05, 0.1) is 11.0 Å². The van der Waals surface area contributed by atoms with Crippen LogP contribution in [0.5, 0.6) is 0 Å². The summed E-state index contributed by atoms with van der Waals surface area (Å²) in [5.41, 5.74) is 10.3. The molecule has 0 amide bonds. The normalized spacial score (nSPS) is 14.7. The summed E-state index contributed by atoms with van der Waals surface area (Å²) in [6.07, 6.45) is 10.3. The molecular weight excluding hydrogens is 627 g/mol. The molecule has 1 fully saturated rings. The molecular formula is C44H37N7. The van der Waals surface area contributed by atoms with E-state index in [2.05, 4.69) is 159 Å². The Morgan fingerprint density at radius 2 is 1.39 bits per heavy atom. The van der Waals surface area contributed by atoms with Gasteiger partial charge in [0.25, 0.3) is 0 Å². The zero-order valence-electron chi connectivity index (χ0n) is 28.4. The lowest BCUT2D eigenvalue weighted by Crippen LogP contribution is -2.37. The Morgan fingerprint density at radius 3 is 2.06 bits per heavy atom. The smallest absolute Gasteiger partial charge is 0.131 e. The Hall–Kier alpha value is -6.34. The number of nitrogens with one attached hydrogen (secondary N) is 1. The van der Waals surface area contributed by atoms with Gasteiger partial charge in [-0.25, -0.2) is 9.97 Å². The van der Waals surface area contributed by atoms with E-state index in [9.17, 15) is 0 Å². The van der Waals surface area contributed by atoms with Gasteiger partial charge in [-0.2, -0.15) is 0 Å². The molecule has 248 valence electrons. The van der Waals surface area contributed by atoms with Crippen molar-refractivity contribution in [3.05, 3.63) is 181 Å². The lowest BCUT2D eigenvalue weighted by atomic mass is 9.76. The van der Waals surface area contributed by atoms with Gasteiger partial charge >= 0.3 is 0 Å². The van der Waals surface area contributed by atoms with Crippen LogP contribution in [0.15, 0.2) is 159 Å². The molecule has 1 aliphatic heterocycles. The molecule has 1 N–H and O–H groups in total. The summed E-state index contributed by atoms with van der Waals surface area (Å²) >= 11 is 0. The summed E-state index contributed by atoms with van der Waals surface area (Å²) in [4.78, 5) is 20.4. The third-order valence-electron chi connectivity index (χ3n) is 10.3. The summed E-state index contributed by atoms with van der Waals surface area (Å²) in [6, 6.07) is 46.0. The van der Waals surface area contributed by atoms with Crippen molar-refractivity contribution in [1.29, 1.82) is 0 Å². The van der Waals surface area contributed by atoms with Gasteiger partial charge in [0.1, 0.15) is 17.7 Å². The molecule has 1 aliphatic rings. The van der Waals surface area contributed by atoms with E-state index in [0.29, 0.717) is 0 Å². The molecule has 0 aliphatic carbocycles. The number of nitrogens with zero attached hydrogens (tertiary/aromatic N) is 6. The fraction of sp³-hybridized carbons (Fsp3) is 0.136. The lowest BCUT2D eigenvalue weighted by molar-refractivity contribution is 0.533. The maximum atomic E-state index is 4.83. The molecule has 0 radical (unpaired) electrons. The molecule has 4 heterocycles. The number of aromatic nitrogens is 5. The van der Waals surface area contributed by atoms with Gasteiger partial charge < -0.3 is 14.8 Å². The SMILES string of the molecule is Cc1cn(C(c2ccccc2)(c2ccccc2)c2ccccc2)c2ccc(-c3cc(N[C@H]4CCN(c5ccncn5)C4)cc4nccnc34)cc12. The Bertz CT molecular complexity index is 2350. The molecule has 51 heavy (non-hydrogen) atoms. The van der Waals surface area contributed by atoms with E-state index in [1.807, 2.05) is 6.07 Å². The first-order valence-corrected chi connectivity index (χ1v) is 17.5. The number of hydrogen-bond donors (Lipinski definition) is 1. The average Bonchev–Trinajstić information content (AvgIpc) is 3.80. The minimum absolute atomic E-state index is 0.280. The Balaban J connectivity index is 1.17. The summed E-state index contributed by atoms with van der Waals surface area (Å²) in [5, 5.41) is 5.01. The maximum Gasteiger partial charge on any atom is 0.131 e. The van der Waals surface area contributed by atoms with Gasteiger partial charge in [-0.05, 0) is 71.5 Å². The van der Waals surface area contributed by atoms with Crippen molar-refractivity contribution in [2.24, 2.45) is 0 Å². The first kappa shape index (κ1) is 30.7. The number of fused-ring (bicyclic) bond motifs is 2. The fourth-order valence-corrected chi connectivity index (χ4v) is 7.97. The number of rotatable bonds is 8. The molecule has 0 bridgehead atoms. The predicted molar refractivity (Wildman–Crippen MR) is 206 cm³/mol. The van der Waals surface area contributed by atoms with Crippen LogP contribution in [0, 0.1) is 6.92 Å². The van der Waals surface area contributed by atoms with Gasteiger partial charge in [-0.15, -0.1) is 0 Å². The Kier molecular flexibility index (Phi) is 7.73. The molecule has 3 aromatic heterocycles. The van der Waals surface area contributed by atoms with Crippen molar-refractivity contribution in [3.8, 4) is 11.1 Å². The molecule has 8 aromatic rings. The molecule has 7 heteroatoms. The van der Waals surface area contributed by atoms with Gasteiger partial charge in [0.15, 0.2) is 0 Å². The highest BCUT2D eigenvalue weighted by Crippen LogP contribution is 2.44. The zero-order valence-corrected chi connectivity index (χ0v) is 28.4. The van der Waals surface area contributed by atoms with E-state index < -0.39 is 5.54 Å². The van der Waals surface area contributed by atoms with Crippen molar-refractivity contribution in [3.63, 3.8) is 0 Å². The van der Waals surface area contributed by atoms with Crippen molar-refractivity contribution < 1.29 is 0 Å². The second-order valence-corrected chi connectivity index (χ2v) is 13.3. The van der Waals surface area contributed by atoms with Crippen LogP contribution in [0.3, 0.4) is 0 Å². The standard InChI is InChI=1S/C44H37N7/c1-31-28-51(44(33-11-5-2-6-12-33,34-13-7-3-8-14-34)35-15-9-4-10-16-35)41-18-17-32(25-38(31)41)39-26-37(27-40-43(39)47-23-22-46-40)49-36-20-24-50(29-36)42-19-21-45-30-48-42/h2-19,21-23,25-28,30,36,49H,20,24,29H2,1H3/t36-/m0/s1. The average molecular weight is 664 g/mol. The van der Waals surface area contributed by atoms with Gasteiger partial charge in [0.2, 0.25) is 0 Å². The highest BCUT2D eigenvalue weighted by molar-refractivity contribution is 5.98. The monoisotopic (exact) mass is 663 g/mol. The summed E-state index contributed by atoms with van der Waals surface area (Å²) < 4.78 is 2.47. The van der Waals surface area contributed by atoms with E-state index in [1.165, 1.54) is 27.6 Å². The molecule has 0 saturated carbocycles. The summed E-state index contributed by atoms with van der Waals surface area (Å²) in [6.45, 7) is 4.03. The highest BCUT2D eigenvalue weighted by Gasteiger charge is 2.39. The first-order valence-electron chi connectivity index (χ1n) is 17.5. The number of anilines is 2. The third kappa shape index (κ3) is 5.38. The maximum absolute atomic E-state index is 4.83. The van der Waals surface area contributed by atoms with E-state index in [1.54, 1.807) is 24.9 Å². The molecule has 1 saturated heterocycles. The second kappa shape index (κ2) is 12.8. The van der Waals surface area contributed by atoms with Gasteiger partial charge in [-0.1, -0.05) is 97.1 Å². The van der Waals surface area contributed by atoms with Crippen LogP contribution in [0.25, 0.3) is 33.1 Å². The van der Waals surface area contributed by atoms with Gasteiger partial charge in [-0.3, -0.25) is 9.97 Å². The van der Waals surface area contributed by atoms with Crippen molar-refractivity contribution in [1.82, 2.24) is 24.5 Å². The van der Waals surface area contributed by atoms with Crippen LogP contribution in [0.1, 0.15) is 28.7 Å². The van der Waals surface area contributed by atoms with Crippen LogP contribution in [-0.2, 0) is 5.54 Å². The van der Waals surface area contributed by atoms with E-state index >= 15 is 0 Å². The number of benzene rings is 5. The predicted octanol–water partition coefficient (Wildman–Crippen LogP) is 8.88. The molecule has 7 nitrogen and oxygen atoms in total. The Labute approximate surface area is 297 Å². The second-order valence-electron chi connectivity index (χ2n) is 13.3. The summed E-state index contributed by atoms with van der Waals surface area (Å²) in [7, 11) is 0. The zero-order chi connectivity index (χ0) is 34.2. The van der Waals surface area contributed by atoms with E-state index in [-0.39, 0.29) is 6.04 Å². The Morgan fingerprint density at radius 1 is 0.706 bits per heavy atom. The van der Waals surface area contributed by atoms with Crippen LogP contribution in [-0.4, -0.2) is 43.6 Å². The largest absolute Gasteiger partial charge is 0.380 e. The molecule has 9 rings (SSSR count). The third-order valence-corrected chi connectivity index (χ3v) is 10.3. The van der Waals surface area contributed by atoms with Crippen molar-refractivity contribution in [2.45, 2.75) is 24.9 Å². The van der Waals surface area contributed by atoms with Crippen molar-refractivity contribution >= 4 is 33.4 Å². The minimum atomic E-state index is -0.596. The molecule has 1 atom stereocenters. The molecule has 5 aromatic carbocycles. The molecule has 0 unspecified atom stereocenters. The van der Waals surface area contributed by atoms with Crippen LogP contribution >= 0.6 is 0 Å². The first-order chi connectivity index (χ1) is 25.2. The lowest BCUT2D eigenvalue weighted by Gasteiger charge is -2.38. The topological polar surface area (TPSA) is 71.8 Å².